The topological polar surface area (TPSA) is 75.9 Å². The average molecular weight is 296 g/mol. The molecule has 1 atom stereocenters. The van der Waals surface area contributed by atoms with Gasteiger partial charge in [0.15, 0.2) is 5.82 Å². The molecule has 1 unspecified atom stereocenters. The van der Waals surface area contributed by atoms with E-state index in [-0.39, 0.29) is 6.04 Å². The van der Waals surface area contributed by atoms with Crippen molar-refractivity contribution in [3.63, 3.8) is 0 Å². The quantitative estimate of drug-likeness (QED) is 0.850. The van der Waals surface area contributed by atoms with Crippen molar-refractivity contribution in [2.24, 2.45) is 0 Å². The molecule has 0 radical (unpaired) electrons. The molecule has 2 rings (SSSR count). The molecular weight excluding hydrogens is 278 g/mol. The summed E-state index contributed by atoms with van der Waals surface area (Å²) in [6.45, 7) is 6.68. The lowest BCUT2D eigenvalue weighted by atomic mass is 10.3. The fourth-order valence-corrected chi connectivity index (χ4v) is 1.78. The Morgan fingerprint density at radius 3 is 2.80 bits per heavy atom. The number of aryl methyl sites for hydroxylation is 1. The summed E-state index contributed by atoms with van der Waals surface area (Å²) in [6, 6.07) is -0.130. The Kier molecular flexibility index (Phi) is 4.79. The number of nitrogens with zero attached hydrogens (tertiary/aromatic N) is 3. The van der Waals surface area contributed by atoms with Crippen molar-refractivity contribution in [2.75, 3.05) is 17.2 Å². The molecule has 0 saturated carbocycles. The second-order valence-electron chi connectivity index (χ2n) is 4.49. The van der Waals surface area contributed by atoms with Crippen molar-refractivity contribution in [2.45, 2.75) is 33.2 Å². The third kappa shape index (κ3) is 3.60. The van der Waals surface area contributed by atoms with Crippen LogP contribution in [0.3, 0.4) is 0 Å². The van der Waals surface area contributed by atoms with Crippen LogP contribution in [-0.2, 0) is 0 Å². The van der Waals surface area contributed by atoms with E-state index in [4.69, 9.17) is 16.0 Å². The van der Waals surface area contributed by atoms with Gasteiger partial charge in [-0.25, -0.2) is 9.97 Å². The van der Waals surface area contributed by atoms with Crippen molar-refractivity contribution in [3.05, 3.63) is 29.1 Å². The number of oxazole rings is 1. The third-order valence-corrected chi connectivity index (χ3v) is 2.92. The lowest BCUT2D eigenvalue weighted by Crippen LogP contribution is -2.11. The smallest absolute Gasteiger partial charge is 0.224 e. The molecule has 0 aromatic carbocycles. The van der Waals surface area contributed by atoms with Crippen LogP contribution in [0.2, 0.25) is 5.02 Å². The Hall–Kier alpha value is -1.82. The number of hydrogen-bond acceptors (Lipinski definition) is 6. The van der Waals surface area contributed by atoms with Crippen LogP contribution in [0, 0.1) is 6.92 Å². The minimum absolute atomic E-state index is 0.130. The van der Waals surface area contributed by atoms with Crippen LogP contribution < -0.4 is 10.6 Å². The summed E-state index contributed by atoms with van der Waals surface area (Å²) < 4.78 is 5.48. The lowest BCUT2D eigenvalue weighted by molar-refractivity contribution is 0.453. The van der Waals surface area contributed by atoms with Gasteiger partial charge in [0, 0.05) is 6.54 Å². The van der Waals surface area contributed by atoms with Crippen LogP contribution in [0.4, 0.5) is 11.8 Å². The summed E-state index contributed by atoms with van der Waals surface area (Å²) in [7, 11) is 0. The number of aromatic nitrogens is 3. The molecule has 108 valence electrons. The van der Waals surface area contributed by atoms with Gasteiger partial charge >= 0.3 is 0 Å². The molecule has 0 amide bonds. The molecule has 2 aromatic rings. The summed E-state index contributed by atoms with van der Waals surface area (Å²) >= 11 is 6.10. The van der Waals surface area contributed by atoms with Gasteiger partial charge in [-0.3, -0.25) is 0 Å². The zero-order valence-electron chi connectivity index (χ0n) is 11.8. The van der Waals surface area contributed by atoms with E-state index in [1.165, 1.54) is 0 Å². The highest BCUT2D eigenvalue weighted by molar-refractivity contribution is 6.32. The fourth-order valence-electron chi connectivity index (χ4n) is 1.63. The highest BCUT2D eigenvalue weighted by Crippen LogP contribution is 2.24. The highest BCUT2D eigenvalue weighted by Gasteiger charge is 2.14. The van der Waals surface area contributed by atoms with Crippen LogP contribution in [0.5, 0.6) is 0 Å². The van der Waals surface area contributed by atoms with E-state index in [1.54, 1.807) is 12.4 Å². The Morgan fingerprint density at radius 2 is 2.15 bits per heavy atom. The van der Waals surface area contributed by atoms with E-state index >= 15 is 0 Å². The third-order valence-electron chi connectivity index (χ3n) is 2.64. The molecule has 0 aliphatic heterocycles. The number of nitrogens with one attached hydrogen (secondary N) is 2. The Balaban J connectivity index is 2.11. The molecule has 0 bridgehead atoms. The summed E-state index contributed by atoms with van der Waals surface area (Å²) in [6.07, 6.45) is 4.26. The van der Waals surface area contributed by atoms with E-state index in [1.807, 2.05) is 13.8 Å². The second-order valence-corrected chi connectivity index (χ2v) is 4.90. The van der Waals surface area contributed by atoms with Gasteiger partial charge in [0.2, 0.25) is 11.8 Å². The van der Waals surface area contributed by atoms with Gasteiger partial charge in [0.1, 0.15) is 16.8 Å². The fraction of sp³-hybridized carbons (Fsp3) is 0.462. The first kappa shape index (κ1) is 14.6. The molecule has 0 saturated heterocycles. The SMILES string of the molecule is CCCNc1ncc(Cl)c(NC(C)c2ncc(C)o2)n1. The van der Waals surface area contributed by atoms with Crippen molar-refractivity contribution in [3.8, 4) is 0 Å². The summed E-state index contributed by atoms with van der Waals surface area (Å²) in [5.41, 5.74) is 0. The zero-order valence-corrected chi connectivity index (χ0v) is 12.5. The molecule has 0 spiro atoms. The van der Waals surface area contributed by atoms with E-state index in [0.29, 0.717) is 22.7 Å². The van der Waals surface area contributed by atoms with Gasteiger partial charge in [0.05, 0.1) is 12.4 Å². The molecule has 2 N–H and O–H groups in total. The first-order valence-electron chi connectivity index (χ1n) is 6.55. The van der Waals surface area contributed by atoms with Gasteiger partial charge in [-0.05, 0) is 20.3 Å². The Morgan fingerprint density at radius 1 is 1.35 bits per heavy atom. The monoisotopic (exact) mass is 295 g/mol. The van der Waals surface area contributed by atoms with Crippen molar-refractivity contribution < 1.29 is 4.42 Å². The normalized spacial score (nSPS) is 12.2. The standard InChI is InChI=1S/C13H18ClN5O/c1-4-5-15-13-17-7-10(14)11(19-13)18-9(3)12-16-6-8(2)20-12/h6-7,9H,4-5H2,1-3H3,(H2,15,17,18,19). The van der Waals surface area contributed by atoms with Gasteiger partial charge in [0.25, 0.3) is 0 Å². The van der Waals surface area contributed by atoms with E-state index in [9.17, 15) is 0 Å². The molecule has 6 nitrogen and oxygen atoms in total. The van der Waals surface area contributed by atoms with Crippen LogP contribution in [0.1, 0.15) is 38.0 Å². The average Bonchev–Trinajstić information content (AvgIpc) is 2.86. The zero-order chi connectivity index (χ0) is 14.5. The number of anilines is 2. The maximum Gasteiger partial charge on any atom is 0.224 e. The Bertz CT molecular complexity index is 572. The lowest BCUT2D eigenvalue weighted by Gasteiger charge is -2.13. The highest BCUT2D eigenvalue weighted by atomic mass is 35.5. The van der Waals surface area contributed by atoms with Crippen molar-refractivity contribution in [1.29, 1.82) is 0 Å². The largest absolute Gasteiger partial charge is 0.444 e. The van der Waals surface area contributed by atoms with Crippen molar-refractivity contribution in [1.82, 2.24) is 15.0 Å². The number of rotatable bonds is 6. The summed E-state index contributed by atoms with van der Waals surface area (Å²) in [5, 5.41) is 6.76. The maximum atomic E-state index is 6.10. The Labute approximate surface area is 123 Å². The van der Waals surface area contributed by atoms with E-state index < -0.39 is 0 Å². The molecule has 0 fully saturated rings. The van der Waals surface area contributed by atoms with Crippen molar-refractivity contribution >= 4 is 23.4 Å². The second kappa shape index (κ2) is 6.56. The minimum atomic E-state index is -0.130. The van der Waals surface area contributed by atoms with Crippen LogP contribution in [-0.4, -0.2) is 21.5 Å². The van der Waals surface area contributed by atoms with E-state index in [0.717, 1.165) is 18.7 Å². The maximum absolute atomic E-state index is 6.10. The molecule has 7 heteroatoms. The number of hydrogen-bond donors (Lipinski definition) is 2. The molecular formula is C13H18ClN5O. The van der Waals surface area contributed by atoms with Crippen LogP contribution in [0.15, 0.2) is 16.8 Å². The molecule has 2 aromatic heterocycles. The summed E-state index contributed by atoms with van der Waals surface area (Å²) in [5.74, 6) is 2.48. The van der Waals surface area contributed by atoms with Gasteiger partial charge in [-0.1, -0.05) is 18.5 Å². The van der Waals surface area contributed by atoms with Gasteiger partial charge in [-0.15, -0.1) is 0 Å². The van der Waals surface area contributed by atoms with Crippen LogP contribution >= 0.6 is 11.6 Å². The predicted molar refractivity (Wildman–Crippen MR) is 79.1 cm³/mol. The molecule has 0 aliphatic rings. The van der Waals surface area contributed by atoms with Gasteiger partial charge < -0.3 is 15.1 Å². The van der Waals surface area contributed by atoms with Crippen LogP contribution in [0.25, 0.3) is 0 Å². The first-order chi connectivity index (χ1) is 9.60. The molecule has 0 aliphatic carbocycles. The van der Waals surface area contributed by atoms with Gasteiger partial charge in [-0.2, -0.15) is 4.98 Å². The molecule has 20 heavy (non-hydrogen) atoms. The first-order valence-corrected chi connectivity index (χ1v) is 6.93. The minimum Gasteiger partial charge on any atom is -0.444 e. The number of halogens is 1. The van der Waals surface area contributed by atoms with E-state index in [2.05, 4.69) is 32.5 Å². The predicted octanol–water partition coefficient (Wildman–Crippen LogP) is 3.42. The summed E-state index contributed by atoms with van der Waals surface area (Å²) in [4.78, 5) is 12.7. The molecule has 2 heterocycles.